The number of rotatable bonds is 3. The average Bonchev–Trinajstić information content (AvgIpc) is 2.83. The topological polar surface area (TPSA) is 90.4 Å². The summed E-state index contributed by atoms with van der Waals surface area (Å²) in [5.41, 5.74) is 8.07. The van der Waals surface area contributed by atoms with Gasteiger partial charge in [-0.15, -0.1) is 0 Å². The van der Waals surface area contributed by atoms with Crippen molar-refractivity contribution < 1.29 is 14.6 Å². The van der Waals surface area contributed by atoms with Crippen LogP contribution in [0.5, 0.6) is 0 Å². The van der Waals surface area contributed by atoms with Crippen molar-refractivity contribution in [1.29, 1.82) is 0 Å². The van der Waals surface area contributed by atoms with Crippen molar-refractivity contribution in [3.63, 3.8) is 0 Å². The van der Waals surface area contributed by atoms with E-state index in [4.69, 9.17) is 15.6 Å². The Morgan fingerprint density at radius 2 is 2.35 bits per heavy atom. The van der Waals surface area contributed by atoms with Crippen molar-refractivity contribution in [2.75, 3.05) is 12.3 Å². The second-order valence-electron chi connectivity index (χ2n) is 5.10. The number of nitrogen functional groups attached to an aromatic ring is 1. The predicted octanol–water partition coefficient (Wildman–Crippen LogP) is 1.94. The number of nitrogens with two attached hydrogens (primary N) is 1. The second kappa shape index (κ2) is 5.13. The zero-order valence-electron chi connectivity index (χ0n) is 11.1. The lowest BCUT2D eigenvalue weighted by atomic mass is 10.1. The maximum atomic E-state index is 10.9. The Labute approximate surface area is 116 Å². The van der Waals surface area contributed by atoms with E-state index in [-0.39, 0.29) is 12.6 Å². The van der Waals surface area contributed by atoms with Crippen LogP contribution in [0.4, 0.5) is 5.69 Å². The molecular weight excluding hydrogens is 258 g/mol. The quantitative estimate of drug-likeness (QED) is 0.835. The molecule has 0 aliphatic carbocycles. The lowest BCUT2D eigenvalue weighted by molar-refractivity contribution is -0.136. The minimum Gasteiger partial charge on any atom is -0.481 e. The summed E-state index contributed by atoms with van der Waals surface area (Å²) in [5, 5.41) is 14.1. The number of nitrogens with zero attached hydrogens (tertiary/aromatic N) is 2. The summed E-state index contributed by atoms with van der Waals surface area (Å²) in [4.78, 5) is 10.9. The van der Waals surface area contributed by atoms with Gasteiger partial charge in [-0.25, -0.2) is 4.68 Å². The van der Waals surface area contributed by atoms with Gasteiger partial charge in [-0.3, -0.25) is 4.79 Å². The number of hydrogen-bond acceptors (Lipinski definition) is 4. The van der Waals surface area contributed by atoms with Gasteiger partial charge in [0.15, 0.2) is 6.23 Å². The molecule has 1 atom stereocenters. The molecule has 3 N–H and O–H groups in total. The largest absolute Gasteiger partial charge is 0.481 e. The number of carbonyl (C=O) groups is 1. The van der Waals surface area contributed by atoms with E-state index in [0.29, 0.717) is 11.3 Å². The zero-order chi connectivity index (χ0) is 14.1. The molecule has 1 unspecified atom stereocenters. The summed E-state index contributed by atoms with van der Waals surface area (Å²) in [6.07, 6.45) is 4.68. The van der Waals surface area contributed by atoms with E-state index in [9.17, 15) is 4.79 Å². The van der Waals surface area contributed by atoms with Crippen LogP contribution in [-0.4, -0.2) is 27.5 Å². The van der Waals surface area contributed by atoms with Gasteiger partial charge >= 0.3 is 5.97 Å². The maximum Gasteiger partial charge on any atom is 0.307 e. The van der Waals surface area contributed by atoms with Gasteiger partial charge in [-0.05, 0) is 37.0 Å². The highest BCUT2D eigenvalue weighted by Gasteiger charge is 2.19. The molecule has 0 bridgehead atoms. The van der Waals surface area contributed by atoms with E-state index < -0.39 is 5.97 Å². The molecule has 0 spiro atoms. The van der Waals surface area contributed by atoms with Crippen molar-refractivity contribution >= 4 is 22.6 Å². The molecular formula is C14H17N3O3. The summed E-state index contributed by atoms with van der Waals surface area (Å²) in [7, 11) is 0. The molecule has 6 heteroatoms. The van der Waals surface area contributed by atoms with Gasteiger partial charge in [0.25, 0.3) is 0 Å². The van der Waals surface area contributed by atoms with Crippen LogP contribution >= 0.6 is 0 Å². The number of carboxylic acid groups (broad SMARTS) is 1. The Balaban J connectivity index is 2.04. The number of carboxylic acids is 1. The summed E-state index contributed by atoms with van der Waals surface area (Å²) in [6.45, 7) is 0.732. The zero-order valence-corrected chi connectivity index (χ0v) is 11.1. The van der Waals surface area contributed by atoms with E-state index in [2.05, 4.69) is 5.10 Å². The van der Waals surface area contributed by atoms with Crippen LogP contribution in [0.3, 0.4) is 0 Å². The highest BCUT2D eigenvalue weighted by molar-refractivity contribution is 5.91. The van der Waals surface area contributed by atoms with E-state index >= 15 is 0 Å². The highest BCUT2D eigenvalue weighted by Crippen LogP contribution is 2.29. The molecule has 2 heterocycles. The van der Waals surface area contributed by atoms with E-state index in [1.165, 1.54) is 0 Å². The standard InChI is InChI=1S/C14H17N3O3/c15-11-5-9(7-14(18)19)6-12-10(11)8-16-17(12)13-3-1-2-4-20-13/h5-6,8,13H,1-4,7,15H2,(H,18,19). The molecule has 1 saturated heterocycles. The molecule has 1 aromatic heterocycles. The number of benzene rings is 1. The molecule has 2 aromatic rings. The molecule has 1 aliphatic heterocycles. The smallest absolute Gasteiger partial charge is 0.307 e. The minimum absolute atomic E-state index is 0.0448. The van der Waals surface area contributed by atoms with Crippen LogP contribution in [0.1, 0.15) is 31.1 Å². The van der Waals surface area contributed by atoms with Crippen LogP contribution in [0.2, 0.25) is 0 Å². The lowest BCUT2D eigenvalue weighted by Crippen LogP contribution is -2.19. The van der Waals surface area contributed by atoms with Gasteiger partial charge in [0.05, 0.1) is 18.1 Å². The van der Waals surface area contributed by atoms with Gasteiger partial charge < -0.3 is 15.6 Å². The Morgan fingerprint density at radius 3 is 3.05 bits per heavy atom. The molecule has 0 amide bonds. The Kier molecular flexibility index (Phi) is 3.31. The molecule has 106 valence electrons. The van der Waals surface area contributed by atoms with Gasteiger partial charge in [0.2, 0.25) is 0 Å². The third-order valence-corrected chi connectivity index (χ3v) is 3.59. The number of fused-ring (bicyclic) bond motifs is 1. The first-order chi connectivity index (χ1) is 9.65. The predicted molar refractivity (Wildman–Crippen MR) is 74.3 cm³/mol. The Bertz CT molecular complexity index is 644. The summed E-state index contributed by atoms with van der Waals surface area (Å²) in [6, 6.07) is 3.54. The highest BCUT2D eigenvalue weighted by atomic mass is 16.5. The molecule has 6 nitrogen and oxygen atoms in total. The van der Waals surface area contributed by atoms with Gasteiger partial charge in [0, 0.05) is 17.7 Å². The number of anilines is 1. The van der Waals surface area contributed by atoms with Crippen molar-refractivity contribution in [2.24, 2.45) is 0 Å². The molecule has 3 rings (SSSR count). The molecule has 1 aliphatic rings. The van der Waals surface area contributed by atoms with Crippen molar-refractivity contribution in [3.05, 3.63) is 23.9 Å². The number of aliphatic carboxylic acids is 1. The first kappa shape index (κ1) is 12.9. The second-order valence-corrected chi connectivity index (χ2v) is 5.10. The fourth-order valence-corrected chi connectivity index (χ4v) is 2.66. The fourth-order valence-electron chi connectivity index (χ4n) is 2.66. The normalized spacial score (nSPS) is 19.3. The van der Waals surface area contributed by atoms with Crippen LogP contribution in [0.15, 0.2) is 18.3 Å². The van der Waals surface area contributed by atoms with E-state index in [1.807, 2.05) is 10.7 Å². The molecule has 1 fully saturated rings. The van der Waals surface area contributed by atoms with Crippen molar-refractivity contribution in [3.8, 4) is 0 Å². The average molecular weight is 275 g/mol. The number of hydrogen-bond donors (Lipinski definition) is 2. The fraction of sp³-hybridized carbons (Fsp3) is 0.429. The van der Waals surface area contributed by atoms with Gasteiger partial charge in [0.1, 0.15) is 0 Å². The van der Waals surface area contributed by atoms with Crippen LogP contribution < -0.4 is 5.73 Å². The summed E-state index contributed by atoms with van der Waals surface area (Å²) in [5.74, 6) is -0.872. The summed E-state index contributed by atoms with van der Waals surface area (Å²) < 4.78 is 7.55. The van der Waals surface area contributed by atoms with Crippen molar-refractivity contribution in [2.45, 2.75) is 31.9 Å². The maximum absolute atomic E-state index is 10.9. The Morgan fingerprint density at radius 1 is 1.50 bits per heavy atom. The van der Waals surface area contributed by atoms with E-state index in [0.717, 1.165) is 36.8 Å². The van der Waals surface area contributed by atoms with Crippen LogP contribution in [0, 0.1) is 0 Å². The van der Waals surface area contributed by atoms with Crippen LogP contribution in [0.25, 0.3) is 10.9 Å². The van der Waals surface area contributed by atoms with Crippen LogP contribution in [-0.2, 0) is 16.0 Å². The number of ether oxygens (including phenoxy) is 1. The molecule has 0 radical (unpaired) electrons. The third kappa shape index (κ3) is 2.34. The SMILES string of the molecule is Nc1cc(CC(=O)O)cc2c1cnn2C1CCCCO1. The number of aromatic nitrogens is 2. The summed E-state index contributed by atoms with van der Waals surface area (Å²) >= 11 is 0. The lowest BCUT2D eigenvalue weighted by Gasteiger charge is -2.23. The first-order valence-electron chi connectivity index (χ1n) is 6.74. The van der Waals surface area contributed by atoms with E-state index in [1.54, 1.807) is 12.3 Å². The molecule has 20 heavy (non-hydrogen) atoms. The molecule has 0 saturated carbocycles. The minimum atomic E-state index is -0.872. The van der Waals surface area contributed by atoms with Gasteiger partial charge in [-0.1, -0.05) is 0 Å². The first-order valence-corrected chi connectivity index (χ1v) is 6.74. The third-order valence-electron chi connectivity index (χ3n) is 3.59. The molecule has 1 aromatic carbocycles. The monoisotopic (exact) mass is 275 g/mol. The van der Waals surface area contributed by atoms with Crippen molar-refractivity contribution in [1.82, 2.24) is 9.78 Å². The van der Waals surface area contributed by atoms with Gasteiger partial charge in [-0.2, -0.15) is 5.10 Å². The Hall–Kier alpha value is -2.08.